The molecule has 0 aliphatic carbocycles. The quantitative estimate of drug-likeness (QED) is 0.286. The van der Waals surface area contributed by atoms with Gasteiger partial charge in [0.1, 0.15) is 10.7 Å². The smallest absolute Gasteiger partial charge is 0.261 e. The van der Waals surface area contributed by atoms with Crippen LogP contribution in [0.2, 0.25) is 5.15 Å². The average molecular weight is 392 g/mol. The van der Waals surface area contributed by atoms with Crippen molar-refractivity contribution in [2.45, 2.75) is 6.92 Å². The minimum atomic E-state index is -0.545. The molecular weight excluding hydrogens is 374 g/mol. The number of carbonyl (C=O) groups is 2. The van der Waals surface area contributed by atoms with Crippen molar-refractivity contribution in [1.29, 1.82) is 0 Å². The molecule has 0 bridgehead atoms. The van der Waals surface area contributed by atoms with E-state index < -0.39 is 11.8 Å². The summed E-state index contributed by atoms with van der Waals surface area (Å²) in [6, 6.07) is 19.6. The minimum Gasteiger partial charge on any atom is -0.322 e. The first-order valence-corrected chi connectivity index (χ1v) is 8.97. The van der Waals surface area contributed by atoms with E-state index in [4.69, 9.17) is 11.6 Å². The van der Waals surface area contributed by atoms with Crippen molar-refractivity contribution in [3.63, 3.8) is 0 Å². The molecule has 1 aromatic heterocycles. The van der Waals surface area contributed by atoms with Gasteiger partial charge in [-0.25, -0.2) is 4.98 Å². The van der Waals surface area contributed by atoms with Crippen molar-refractivity contribution in [2.75, 3.05) is 10.6 Å². The number of nitrogens with zero attached hydrogens (tertiary/aromatic N) is 1. The van der Waals surface area contributed by atoms with Crippen LogP contribution in [0.5, 0.6) is 0 Å². The van der Waals surface area contributed by atoms with E-state index in [1.54, 1.807) is 42.5 Å². The van der Waals surface area contributed by atoms with E-state index in [9.17, 15) is 9.59 Å². The number of halogens is 1. The molecule has 6 heteroatoms. The van der Waals surface area contributed by atoms with Crippen LogP contribution in [0.1, 0.15) is 11.1 Å². The summed E-state index contributed by atoms with van der Waals surface area (Å²) in [4.78, 5) is 29.7. The van der Waals surface area contributed by atoms with E-state index in [0.717, 1.165) is 5.56 Å². The van der Waals surface area contributed by atoms with E-state index in [1.807, 2.05) is 31.2 Å². The highest BCUT2D eigenvalue weighted by Crippen LogP contribution is 2.19. The largest absolute Gasteiger partial charge is 0.322 e. The maximum atomic E-state index is 12.9. The fourth-order valence-corrected chi connectivity index (χ4v) is 2.71. The summed E-state index contributed by atoms with van der Waals surface area (Å²) in [5, 5.41) is 5.69. The summed E-state index contributed by atoms with van der Waals surface area (Å²) < 4.78 is 0. The molecule has 0 aliphatic heterocycles. The van der Waals surface area contributed by atoms with E-state index in [-0.39, 0.29) is 10.7 Å². The molecule has 3 rings (SSSR count). The van der Waals surface area contributed by atoms with E-state index >= 15 is 0 Å². The van der Waals surface area contributed by atoms with Crippen molar-refractivity contribution in [3.8, 4) is 0 Å². The minimum absolute atomic E-state index is 0.0831. The number of hydrogen-bond donors (Lipinski definition) is 2. The number of amides is 2. The first-order valence-electron chi connectivity index (χ1n) is 8.59. The molecule has 28 heavy (non-hydrogen) atoms. The number of aryl methyl sites for hydroxylation is 1. The molecule has 0 saturated heterocycles. The molecule has 140 valence electrons. The van der Waals surface area contributed by atoms with Crippen LogP contribution in [0.3, 0.4) is 0 Å². The molecule has 0 radical (unpaired) electrons. The predicted octanol–water partition coefficient (Wildman–Crippen LogP) is 4.70. The Balaban J connectivity index is 1.92. The third-order valence-electron chi connectivity index (χ3n) is 3.88. The van der Waals surface area contributed by atoms with Gasteiger partial charge in [0.25, 0.3) is 11.8 Å². The third-order valence-corrected chi connectivity index (χ3v) is 4.20. The van der Waals surface area contributed by atoms with Crippen LogP contribution in [0.15, 0.2) is 78.5 Å². The van der Waals surface area contributed by atoms with Crippen LogP contribution in [-0.4, -0.2) is 16.8 Å². The van der Waals surface area contributed by atoms with Gasteiger partial charge in [-0.2, -0.15) is 0 Å². The highest BCUT2D eigenvalue weighted by Gasteiger charge is 2.20. The molecule has 0 atom stereocenters. The Kier molecular flexibility index (Phi) is 6.19. The van der Waals surface area contributed by atoms with E-state index in [0.29, 0.717) is 16.9 Å². The van der Waals surface area contributed by atoms with Gasteiger partial charge < -0.3 is 10.6 Å². The Hall–Kier alpha value is -3.44. The summed E-state index contributed by atoms with van der Waals surface area (Å²) in [5.74, 6) is -1.09. The maximum absolute atomic E-state index is 12.9. The van der Waals surface area contributed by atoms with E-state index in [2.05, 4.69) is 15.6 Å². The molecule has 0 saturated carbocycles. The fraction of sp³-hybridized carbons (Fsp3) is 0.0455. The molecule has 2 aromatic carbocycles. The number of benzene rings is 2. The molecular formula is C22H18ClN3O2. The summed E-state index contributed by atoms with van der Waals surface area (Å²) >= 11 is 6.10. The fourth-order valence-electron chi connectivity index (χ4n) is 2.54. The van der Waals surface area contributed by atoms with Gasteiger partial charge in [0.2, 0.25) is 0 Å². The van der Waals surface area contributed by atoms with Crippen LogP contribution in [0.25, 0.3) is 6.08 Å². The summed E-state index contributed by atoms with van der Waals surface area (Å²) in [5.41, 5.74) is 2.56. The Labute approximate surface area is 168 Å². The second kappa shape index (κ2) is 8.97. The molecule has 2 amide bonds. The summed E-state index contributed by atoms with van der Waals surface area (Å²) in [7, 11) is 0. The van der Waals surface area contributed by atoms with Crippen LogP contribution in [0.4, 0.5) is 11.4 Å². The third kappa shape index (κ3) is 5.05. The Bertz CT molecular complexity index is 1030. The number of pyridine rings is 1. The number of rotatable bonds is 5. The van der Waals surface area contributed by atoms with Gasteiger partial charge in [-0.05, 0) is 48.9 Å². The molecule has 1 heterocycles. The van der Waals surface area contributed by atoms with Gasteiger partial charge in [-0.1, -0.05) is 48.0 Å². The lowest BCUT2D eigenvalue weighted by atomic mass is 10.1. The number of aromatic nitrogens is 1. The Morgan fingerprint density at radius 1 is 0.893 bits per heavy atom. The predicted molar refractivity (Wildman–Crippen MR) is 112 cm³/mol. The van der Waals surface area contributed by atoms with Crippen molar-refractivity contribution < 1.29 is 9.59 Å². The van der Waals surface area contributed by atoms with Crippen molar-refractivity contribution in [2.24, 2.45) is 0 Å². The second-order valence-corrected chi connectivity index (χ2v) is 6.44. The van der Waals surface area contributed by atoms with Crippen molar-refractivity contribution >= 4 is 40.9 Å². The van der Waals surface area contributed by atoms with Crippen molar-refractivity contribution in [1.82, 2.24) is 4.98 Å². The first-order chi connectivity index (χ1) is 13.5. The van der Waals surface area contributed by atoms with Gasteiger partial charge in [0.05, 0.1) is 0 Å². The average Bonchev–Trinajstić information content (AvgIpc) is 2.68. The Morgan fingerprint density at radius 2 is 1.57 bits per heavy atom. The lowest BCUT2D eigenvalue weighted by Gasteiger charge is -2.11. The summed E-state index contributed by atoms with van der Waals surface area (Å²) in [6.07, 6.45) is 2.97. The Morgan fingerprint density at radius 3 is 2.25 bits per heavy atom. The highest BCUT2D eigenvalue weighted by molar-refractivity contribution is 6.32. The summed E-state index contributed by atoms with van der Waals surface area (Å²) in [6.45, 7) is 1.92. The molecule has 0 unspecified atom stereocenters. The van der Waals surface area contributed by atoms with Crippen LogP contribution in [-0.2, 0) is 9.59 Å². The zero-order valence-electron chi connectivity index (χ0n) is 15.1. The molecule has 3 aromatic rings. The molecule has 0 fully saturated rings. The number of nitrogens with one attached hydrogen (secondary N) is 2. The lowest BCUT2D eigenvalue weighted by Crippen LogP contribution is -2.25. The molecule has 0 spiro atoms. The first kappa shape index (κ1) is 19.3. The van der Waals surface area contributed by atoms with Crippen LogP contribution >= 0.6 is 11.6 Å². The zero-order chi connectivity index (χ0) is 19.9. The van der Waals surface area contributed by atoms with Gasteiger partial charge >= 0.3 is 0 Å². The van der Waals surface area contributed by atoms with Gasteiger partial charge in [-0.3, -0.25) is 9.59 Å². The second-order valence-electron chi connectivity index (χ2n) is 6.09. The highest BCUT2D eigenvalue weighted by atomic mass is 35.5. The van der Waals surface area contributed by atoms with Gasteiger partial charge in [0.15, 0.2) is 0 Å². The number of carbonyl (C=O) groups excluding carboxylic acids is 2. The monoisotopic (exact) mass is 391 g/mol. The standard InChI is InChI=1S/C22H18ClN3O2/c1-15-7-5-11-18(13-15)26-22(28)19(14-16-8-6-12-24-20(16)23)21(27)25-17-9-3-2-4-10-17/h2-14H,1H3,(H,25,27)(H,26,28). The van der Waals surface area contributed by atoms with Gasteiger partial charge in [0, 0.05) is 23.1 Å². The lowest BCUT2D eigenvalue weighted by molar-refractivity contribution is -0.118. The molecule has 0 aliphatic rings. The van der Waals surface area contributed by atoms with Crippen LogP contribution < -0.4 is 10.6 Å². The van der Waals surface area contributed by atoms with Gasteiger partial charge in [-0.15, -0.1) is 0 Å². The molecule has 5 nitrogen and oxygen atoms in total. The SMILES string of the molecule is Cc1cccc(NC(=O)C(=Cc2cccnc2Cl)C(=O)Nc2ccccc2)c1. The maximum Gasteiger partial charge on any atom is 0.261 e. The topological polar surface area (TPSA) is 71.1 Å². The number of hydrogen-bond acceptors (Lipinski definition) is 3. The zero-order valence-corrected chi connectivity index (χ0v) is 15.9. The number of para-hydroxylation sites is 1. The van der Waals surface area contributed by atoms with Crippen molar-refractivity contribution in [3.05, 3.63) is 94.8 Å². The molecule has 2 N–H and O–H groups in total. The normalized spacial score (nSPS) is 11.0. The van der Waals surface area contributed by atoms with Crippen LogP contribution in [0, 0.1) is 6.92 Å². The van der Waals surface area contributed by atoms with E-state index in [1.165, 1.54) is 12.3 Å². The number of anilines is 2.